The molecule has 4 fully saturated rings. The van der Waals surface area contributed by atoms with E-state index in [-0.39, 0.29) is 18.4 Å². The fourth-order valence-electron chi connectivity index (χ4n) is 9.99. The number of piperazine rings is 1. The molecule has 1 saturated carbocycles. The van der Waals surface area contributed by atoms with Gasteiger partial charge in [0.25, 0.3) is 11.8 Å². The number of methoxy groups -OCH3 is 1. The second-order valence-corrected chi connectivity index (χ2v) is 22.9. The second-order valence-electron chi connectivity index (χ2n) is 18.9. The molecule has 0 unspecified atom stereocenters. The summed E-state index contributed by atoms with van der Waals surface area (Å²) in [5.41, 5.74) is 7.20. The summed E-state index contributed by atoms with van der Waals surface area (Å²) >= 11 is 3.63. The molecule has 3 saturated heterocycles. The van der Waals surface area contributed by atoms with E-state index in [0.717, 1.165) is 97.0 Å². The zero-order valence-electron chi connectivity index (χ0n) is 38.6. The largest absolute Gasteiger partial charge is 0.494 e. The summed E-state index contributed by atoms with van der Waals surface area (Å²) in [6.45, 7) is 9.66. The molecule has 6 heterocycles. The summed E-state index contributed by atoms with van der Waals surface area (Å²) < 4.78 is 22.0. The van der Waals surface area contributed by atoms with Crippen LogP contribution in [0.25, 0.3) is 11.1 Å². The van der Waals surface area contributed by atoms with Crippen molar-refractivity contribution in [1.29, 1.82) is 0 Å². The molecule has 1 atom stereocenters. The van der Waals surface area contributed by atoms with E-state index in [2.05, 4.69) is 80.9 Å². The van der Waals surface area contributed by atoms with Crippen LogP contribution in [0, 0.1) is 5.92 Å². The monoisotopic (exact) mass is 1000 g/mol. The Hall–Kier alpha value is -6.10. The van der Waals surface area contributed by atoms with Gasteiger partial charge in [0.05, 0.1) is 40.3 Å². The van der Waals surface area contributed by atoms with Crippen LogP contribution in [0.15, 0.2) is 71.6 Å². The molecule has 2 aromatic heterocycles. The third-order valence-electron chi connectivity index (χ3n) is 13.9. The fourth-order valence-corrected chi connectivity index (χ4v) is 11.4. The first-order chi connectivity index (χ1) is 32.7. The number of nitrogens with one attached hydrogen (secondary N) is 3. The number of carbonyl (C=O) groups excluding carboxylic acids is 4. The molecule has 0 spiro atoms. The number of aryl methyl sites for hydroxylation is 1. The van der Waals surface area contributed by atoms with Crippen molar-refractivity contribution in [2.24, 2.45) is 13.0 Å². The van der Waals surface area contributed by atoms with Gasteiger partial charge in [0, 0.05) is 106 Å². The average molecular weight is 1000 g/mol. The molecule has 5 aliphatic rings. The molecule has 3 aromatic carbocycles. The van der Waals surface area contributed by atoms with Crippen LogP contribution in [0.4, 0.5) is 34.5 Å². The van der Waals surface area contributed by atoms with Crippen LogP contribution in [0.3, 0.4) is 0 Å². The Morgan fingerprint density at radius 2 is 1.59 bits per heavy atom. The Kier molecular flexibility index (Phi) is 12.4. The first-order valence-corrected chi connectivity index (χ1v) is 26.6. The van der Waals surface area contributed by atoms with Crippen molar-refractivity contribution in [2.45, 2.75) is 50.5 Å². The molecule has 0 radical (unpaired) electrons. The van der Waals surface area contributed by atoms with Gasteiger partial charge < -0.3 is 29.7 Å². The fraction of sp³-hybridized carbons (Fsp3) is 0.408. The number of nitrogens with zero attached hydrogens (tertiary/aromatic N) is 8. The molecule has 354 valence electrons. The maximum absolute atomic E-state index is 13.5. The van der Waals surface area contributed by atoms with Gasteiger partial charge in [-0.05, 0) is 115 Å². The number of benzene rings is 3. The van der Waals surface area contributed by atoms with E-state index in [0.29, 0.717) is 45.1 Å². The van der Waals surface area contributed by atoms with Gasteiger partial charge in [0.15, 0.2) is 0 Å². The number of hydrogen-bond acceptors (Lipinski definition) is 14. The Bertz CT molecular complexity index is 2880. The van der Waals surface area contributed by atoms with Gasteiger partial charge in [-0.2, -0.15) is 10.1 Å². The number of halogens is 1. The van der Waals surface area contributed by atoms with E-state index in [1.165, 1.54) is 18.4 Å². The first-order valence-electron chi connectivity index (χ1n) is 23.3. The molecule has 4 aliphatic heterocycles. The predicted octanol–water partition coefficient (Wildman–Crippen LogP) is 6.70. The smallest absolute Gasteiger partial charge is 0.262 e. The minimum atomic E-state index is -2.61. The quantitative estimate of drug-likeness (QED) is 0.0836. The highest BCUT2D eigenvalue weighted by atomic mass is 79.9. The normalized spacial score (nSPS) is 19.4. The highest BCUT2D eigenvalue weighted by Crippen LogP contribution is 2.45. The van der Waals surface area contributed by atoms with Crippen LogP contribution < -0.4 is 35.8 Å². The molecule has 0 bridgehead atoms. The number of piperidine rings is 2. The zero-order chi connectivity index (χ0) is 47.4. The van der Waals surface area contributed by atoms with Crippen LogP contribution in [-0.2, 0) is 21.2 Å². The van der Waals surface area contributed by atoms with E-state index in [4.69, 9.17) is 9.72 Å². The Morgan fingerprint density at radius 3 is 2.28 bits per heavy atom. The lowest BCUT2D eigenvalue weighted by Crippen LogP contribution is -2.54. The third-order valence-corrected chi connectivity index (χ3v) is 16.0. The average Bonchev–Trinajstić information content (AvgIpc) is 4.04. The van der Waals surface area contributed by atoms with E-state index in [1.54, 1.807) is 43.5 Å². The van der Waals surface area contributed by atoms with E-state index < -0.39 is 36.8 Å². The van der Waals surface area contributed by atoms with E-state index >= 15 is 0 Å². The summed E-state index contributed by atoms with van der Waals surface area (Å²) in [5.74, 6) is 0.634. The van der Waals surface area contributed by atoms with Crippen LogP contribution in [-0.4, -0.2) is 125 Å². The number of fused-ring (bicyclic) bond motifs is 1. The van der Waals surface area contributed by atoms with Gasteiger partial charge in [0.1, 0.15) is 24.8 Å². The van der Waals surface area contributed by atoms with Crippen molar-refractivity contribution in [1.82, 2.24) is 34.9 Å². The SMILES string of the molecule is COc1cc(N2CCC(CN3CCN(c4ccc5c(c4)C(=O)N([C@H]4CCC(=O)NC4=O)C5=O)CC3)CC2)c(-c2cnn(C)c2)cc1Nc1ncc(Br)c(Nc2ccc(C3CC3)cc2P(C)(C)=O)n1. The molecule has 3 N–H and O–H groups in total. The lowest BCUT2D eigenvalue weighted by atomic mass is 9.94. The van der Waals surface area contributed by atoms with E-state index in [9.17, 15) is 23.7 Å². The number of hydrogen-bond donors (Lipinski definition) is 3. The molecular formula is C49H55BrN11O6P. The van der Waals surface area contributed by atoms with E-state index in [1.807, 2.05) is 31.6 Å². The number of rotatable bonds is 13. The molecule has 19 heteroatoms. The Balaban J connectivity index is 0.791. The van der Waals surface area contributed by atoms with Crippen LogP contribution in [0.2, 0.25) is 0 Å². The summed E-state index contributed by atoms with van der Waals surface area (Å²) in [7, 11) is 0.971. The van der Waals surface area contributed by atoms with Gasteiger partial charge in [-0.1, -0.05) is 6.07 Å². The maximum Gasteiger partial charge on any atom is 0.262 e. The number of amides is 4. The molecule has 17 nitrogen and oxygen atoms in total. The highest BCUT2D eigenvalue weighted by molar-refractivity contribution is 9.10. The lowest BCUT2D eigenvalue weighted by Gasteiger charge is -2.40. The number of ether oxygens (including phenoxy) is 1. The number of anilines is 6. The predicted molar refractivity (Wildman–Crippen MR) is 266 cm³/mol. The zero-order valence-corrected chi connectivity index (χ0v) is 41.1. The summed E-state index contributed by atoms with van der Waals surface area (Å²) in [4.78, 5) is 68.6. The van der Waals surface area contributed by atoms with Crippen LogP contribution >= 0.6 is 23.1 Å². The molecular weight excluding hydrogens is 949 g/mol. The van der Waals surface area contributed by atoms with Crippen LogP contribution in [0.5, 0.6) is 5.75 Å². The van der Waals surface area contributed by atoms with Gasteiger partial charge in [0.2, 0.25) is 17.8 Å². The molecule has 5 aromatic rings. The van der Waals surface area contributed by atoms with Crippen molar-refractivity contribution < 1.29 is 28.5 Å². The first kappa shape index (κ1) is 45.7. The number of carbonyl (C=O) groups is 4. The van der Waals surface area contributed by atoms with Gasteiger partial charge in [-0.15, -0.1) is 0 Å². The maximum atomic E-state index is 13.5. The molecule has 10 rings (SSSR count). The Labute approximate surface area is 403 Å². The summed E-state index contributed by atoms with van der Waals surface area (Å²) in [6, 6.07) is 14.7. The molecule has 1 aliphatic carbocycles. The topological polar surface area (TPSA) is 187 Å². The summed E-state index contributed by atoms with van der Waals surface area (Å²) in [6.07, 6.45) is 10.2. The van der Waals surface area contributed by atoms with Crippen LogP contribution in [0.1, 0.15) is 70.7 Å². The van der Waals surface area contributed by atoms with Gasteiger partial charge in [-0.3, -0.25) is 39.0 Å². The second kappa shape index (κ2) is 18.4. The summed E-state index contributed by atoms with van der Waals surface area (Å²) in [5, 5.41) is 14.4. The Morgan fingerprint density at radius 1 is 0.824 bits per heavy atom. The van der Waals surface area contributed by atoms with Gasteiger partial charge >= 0.3 is 0 Å². The number of imide groups is 2. The number of aromatic nitrogens is 4. The van der Waals surface area contributed by atoms with Crippen molar-refractivity contribution in [3.8, 4) is 16.9 Å². The molecule has 68 heavy (non-hydrogen) atoms. The van der Waals surface area contributed by atoms with Crippen molar-refractivity contribution >= 4 is 86.5 Å². The van der Waals surface area contributed by atoms with Gasteiger partial charge in [-0.25, -0.2) is 4.98 Å². The lowest BCUT2D eigenvalue weighted by molar-refractivity contribution is -0.136. The third kappa shape index (κ3) is 9.25. The standard InChI is InChI=1S/C49H55BrN11O6P/c1-57-28-32(25-52-57)35-23-39(54-49-51-26-37(50)45(56-49)53-38-10-7-31(30-5-6-30)21-43(38)68(3,4)66)42(67-2)24-41(35)60-15-13-29(14-16-60)27-58-17-19-59(20-18-58)33-8-9-34-36(22-33)48(65)61(47(34)64)40-11-12-44(62)55-46(40)63/h7-10,21-26,28-30,40H,5-6,11-20,27H2,1-4H3,(H,55,62,63)(H2,51,53,54,56)/t40-/m0/s1. The van der Waals surface area contributed by atoms with Crippen molar-refractivity contribution in [3.63, 3.8) is 0 Å². The highest BCUT2D eigenvalue weighted by Gasteiger charge is 2.45. The van der Waals surface area contributed by atoms with Crippen molar-refractivity contribution in [3.05, 3.63) is 88.3 Å². The molecule has 4 amide bonds. The van der Waals surface area contributed by atoms with Crippen molar-refractivity contribution in [2.75, 3.05) is 86.7 Å². The minimum Gasteiger partial charge on any atom is -0.494 e. The minimum absolute atomic E-state index is 0.0850.